The highest BCUT2D eigenvalue weighted by Gasteiger charge is 2.40. The molecule has 0 N–H and O–H groups in total. The van der Waals surface area contributed by atoms with Gasteiger partial charge in [-0.15, -0.1) is 0 Å². The van der Waals surface area contributed by atoms with Gasteiger partial charge in [0.2, 0.25) is 0 Å². The van der Waals surface area contributed by atoms with Crippen molar-refractivity contribution >= 4 is 0 Å². The van der Waals surface area contributed by atoms with Crippen LogP contribution in [0.25, 0.3) is 0 Å². The third kappa shape index (κ3) is 4.25. The molecule has 0 radical (unpaired) electrons. The topological polar surface area (TPSA) is 12.5 Å². The summed E-state index contributed by atoms with van der Waals surface area (Å²) in [6, 6.07) is 13.2. The lowest BCUT2D eigenvalue weighted by atomic mass is 9.72. The molecule has 1 atom stereocenters. The van der Waals surface area contributed by atoms with Crippen LogP contribution in [0, 0.1) is 5.82 Å². The second kappa shape index (κ2) is 8.65. The molecule has 0 amide bonds. The first-order chi connectivity index (χ1) is 13.7. The van der Waals surface area contributed by atoms with E-state index in [1.165, 1.54) is 81.3 Å². The van der Waals surface area contributed by atoms with Gasteiger partial charge in [-0.2, -0.15) is 0 Å². The Hall–Kier alpha value is -1.87. The maximum Gasteiger partial charge on any atom is 0.123 e. The first-order valence-electron chi connectivity index (χ1n) is 10.9. The molecule has 4 rings (SSSR count). The van der Waals surface area contributed by atoms with E-state index in [1.807, 2.05) is 0 Å². The molecule has 28 heavy (non-hydrogen) atoms. The van der Waals surface area contributed by atoms with Crippen molar-refractivity contribution in [2.75, 3.05) is 13.1 Å². The number of nitrogens with zero attached hydrogens (tertiary/aromatic N) is 1. The summed E-state index contributed by atoms with van der Waals surface area (Å²) in [7, 11) is 0. The summed E-state index contributed by atoms with van der Waals surface area (Å²) in [6.07, 6.45) is 10.3. The van der Waals surface area contributed by atoms with Crippen LogP contribution in [0.5, 0.6) is 5.75 Å². The van der Waals surface area contributed by atoms with Crippen molar-refractivity contribution in [1.82, 2.24) is 4.90 Å². The molecule has 1 saturated heterocycles. The smallest absolute Gasteiger partial charge is 0.123 e. The Kier molecular flexibility index (Phi) is 6.01. The molecular weight excluding hydrogens is 349 g/mol. The van der Waals surface area contributed by atoms with Crippen LogP contribution in [0.3, 0.4) is 0 Å². The van der Waals surface area contributed by atoms with Crippen molar-refractivity contribution in [2.45, 2.75) is 70.4 Å². The van der Waals surface area contributed by atoms with E-state index in [9.17, 15) is 4.39 Å². The summed E-state index contributed by atoms with van der Waals surface area (Å²) in [5.74, 6) is 0.715. The Balaban J connectivity index is 1.44. The van der Waals surface area contributed by atoms with Gasteiger partial charge in [0.15, 0.2) is 0 Å². The number of rotatable bonds is 6. The number of aryl methyl sites for hydroxylation is 1. The molecule has 1 aliphatic carbocycles. The quantitative estimate of drug-likeness (QED) is 0.616. The van der Waals surface area contributed by atoms with Gasteiger partial charge in [-0.05, 0) is 92.6 Å². The van der Waals surface area contributed by atoms with E-state index in [1.54, 1.807) is 12.1 Å². The molecule has 1 unspecified atom stereocenters. The number of hydrogen-bond donors (Lipinski definition) is 0. The molecule has 150 valence electrons. The van der Waals surface area contributed by atoms with Crippen LogP contribution in [-0.2, 0) is 19.4 Å². The molecule has 0 bridgehead atoms. The summed E-state index contributed by atoms with van der Waals surface area (Å²) < 4.78 is 19.0. The summed E-state index contributed by atoms with van der Waals surface area (Å²) in [4.78, 5) is 2.81. The second-order valence-electron chi connectivity index (χ2n) is 8.54. The van der Waals surface area contributed by atoms with E-state index in [0.29, 0.717) is 12.1 Å². The standard InChI is InChI=1S/C25H32FNO/c1-2-3-15-27-16-5-4-13-25(27)14-12-21-17-24(11-8-22(21)18-25)28-19-20-6-9-23(26)10-7-20/h6-11,17H,2-5,12-16,18-19H2,1H3. The van der Waals surface area contributed by atoms with Crippen molar-refractivity contribution < 1.29 is 9.13 Å². The number of fused-ring (bicyclic) bond motifs is 1. The SMILES string of the molecule is CCCCN1CCCCC12CCc1cc(OCc3ccc(F)cc3)ccc1C2. The highest BCUT2D eigenvalue weighted by atomic mass is 19.1. The molecule has 2 nitrogen and oxygen atoms in total. The zero-order valence-corrected chi connectivity index (χ0v) is 17.1. The normalized spacial score (nSPS) is 22.2. The number of hydrogen-bond acceptors (Lipinski definition) is 2. The zero-order chi connectivity index (χ0) is 19.4. The van der Waals surface area contributed by atoms with Gasteiger partial charge in [0, 0.05) is 5.54 Å². The molecule has 2 aliphatic rings. The highest BCUT2D eigenvalue weighted by molar-refractivity contribution is 5.39. The molecule has 0 aromatic heterocycles. The van der Waals surface area contributed by atoms with Crippen LogP contribution in [0.4, 0.5) is 4.39 Å². The molecule has 1 heterocycles. The lowest BCUT2D eigenvalue weighted by Gasteiger charge is -2.50. The van der Waals surface area contributed by atoms with Gasteiger partial charge in [-0.3, -0.25) is 4.90 Å². The Morgan fingerprint density at radius 2 is 1.89 bits per heavy atom. The minimum atomic E-state index is -0.206. The molecule has 1 aliphatic heterocycles. The molecule has 2 aromatic rings. The maximum absolute atomic E-state index is 13.0. The van der Waals surface area contributed by atoms with Crippen LogP contribution in [-0.4, -0.2) is 23.5 Å². The molecule has 1 spiro atoms. The van der Waals surface area contributed by atoms with Gasteiger partial charge in [0.05, 0.1) is 0 Å². The van der Waals surface area contributed by atoms with Gasteiger partial charge in [-0.1, -0.05) is 38.0 Å². The maximum atomic E-state index is 13.0. The first-order valence-corrected chi connectivity index (χ1v) is 10.9. The monoisotopic (exact) mass is 381 g/mol. The third-order valence-corrected chi connectivity index (χ3v) is 6.65. The molecule has 1 fully saturated rings. The third-order valence-electron chi connectivity index (χ3n) is 6.65. The Morgan fingerprint density at radius 1 is 1.04 bits per heavy atom. The largest absolute Gasteiger partial charge is 0.489 e. The van der Waals surface area contributed by atoms with Gasteiger partial charge in [-0.25, -0.2) is 4.39 Å². The van der Waals surface area contributed by atoms with E-state index in [2.05, 4.69) is 30.0 Å². The van der Waals surface area contributed by atoms with Crippen LogP contribution in [0.15, 0.2) is 42.5 Å². The summed E-state index contributed by atoms with van der Waals surface area (Å²) >= 11 is 0. The van der Waals surface area contributed by atoms with Crippen molar-refractivity contribution in [3.8, 4) is 5.75 Å². The minimum absolute atomic E-state index is 0.206. The Bertz CT molecular complexity index is 788. The Labute approximate surface area is 168 Å². The summed E-state index contributed by atoms with van der Waals surface area (Å²) in [6.45, 7) is 5.30. The fourth-order valence-electron chi connectivity index (χ4n) is 4.99. The van der Waals surface area contributed by atoms with Crippen LogP contribution >= 0.6 is 0 Å². The number of ether oxygens (including phenoxy) is 1. The molecular formula is C25H32FNO. The predicted molar refractivity (Wildman–Crippen MR) is 112 cm³/mol. The Morgan fingerprint density at radius 3 is 2.71 bits per heavy atom. The average Bonchev–Trinajstić information content (AvgIpc) is 2.73. The zero-order valence-electron chi connectivity index (χ0n) is 17.1. The molecule has 0 saturated carbocycles. The van der Waals surface area contributed by atoms with Crippen molar-refractivity contribution in [3.05, 3.63) is 65.0 Å². The van der Waals surface area contributed by atoms with Crippen LogP contribution in [0.2, 0.25) is 0 Å². The van der Waals surface area contributed by atoms with Crippen LogP contribution < -0.4 is 4.74 Å². The fraction of sp³-hybridized carbons (Fsp3) is 0.520. The summed E-state index contributed by atoms with van der Waals surface area (Å²) in [5, 5.41) is 0. The van der Waals surface area contributed by atoms with E-state index in [0.717, 1.165) is 17.7 Å². The average molecular weight is 382 g/mol. The summed E-state index contributed by atoms with van der Waals surface area (Å²) in [5.41, 5.74) is 4.33. The van der Waals surface area contributed by atoms with Gasteiger partial charge in [0.1, 0.15) is 18.2 Å². The van der Waals surface area contributed by atoms with E-state index < -0.39 is 0 Å². The van der Waals surface area contributed by atoms with E-state index >= 15 is 0 Å². The minimum Gasteiger partial charge on any atom is -0.489 e. The lowest BCUT2D eigenvalue weighted by Crippen LogP contribution is -2.55. The van der Waals surface area contributed by atoms with E-state index in [4.69, 9.17) is 4.74 Å². The number of piperidine rings is 1. The van der Waals surface area contributed by atoms with Gasteiger partial charge < -0.3 is 4.74 Å². The second-order valence-corrected chi connectivity index (χ2v) is 8.54. The van der Waals surface area contributed by atoms with Crippen LogP contribution in [0.1, 0.15) is 62.1 Å². The van der Waals surface area contributed by atoms with Crippen molar-refractivity contribution in [1.29, 1.82) is 0 Å². The first kappa shape index (κ1) is 19.4. The van der Waals surface area contributed by atoms with Gasteiger partial charge in [0.25, 0.3) is 0 Å². The predicted octanol–water partition coefficient (Wildman–Crippen LogP) is 5.92. The fourth-order valence-corrected chi connectivity index (χ4v) is 4.99. The number of halogens is 1. The molecule has 2 aromatic carbocycles. The lowest BCUT2D eigenvalue weighted by molar-refractivity contribution is 0.0328. The van der Waals surface area contributed by atoms with Crippen molar-refractivity contribution in [2.24, 2.45) is 0 Å². The van der Waals surface area contributed by atoms with E-state index in [-0.39, 0.29) is 5.82 Å². The number of unbranched alkanes of at least 4 members (excludes halogenated alkanes) is 1. The highest BCUT2D eigenvalue weighted by Crippen LogP contribution is 2.40. The molecule has 3 heteroatoms. The van der Waals surface area contributed by atoms with Crippen molar-refractivity contribution in [3.63, 3.8) is 0 Å². The van der Waals surface area contributed by atoms with Gasteiger partial charge >= 0.3 is 0 Å². The number of benzene rings is 2. The number of likely N-dealkylation sites (tertiary alicyclic amines) is 1.